The lowest BCUT2D eigenvalue weighted by Crippen LogP contribution is -2.13. The third-order valence-corrected chi connectivity index (χ3v) is 5.17. The summed E-state index contributed by atoms with van der Waals surface area (Å²) >= 11 is 12.5. The van der Waals surface area contributed by atoms with Crippen molar-refractivity contribution in [3.63, 3.8) is 0 Å². The van der Waals surface area contributed by atoms with E-state index in [0.29, 0.717) is 23.3 Å². The second kappa shape index (κ2) is 7.35. The van der Waals surface area contributed by atoms with Crippen molar-refractivity contribution in [3.8, 4) is 5.69 Å². The SMILES string of the molecule is Cc1nn(-c2ccc(Cl)cc2)c(Cl)c1CNCc1cn2cccc(C)c2n1. The van der Waals surface area contributed by atoms with Crippen molar-refractivity contribution in [1.82, 2.24) is 24.5 Å². The molecule has 0 spiro atoms. The van der Waals surface area contributed by atoms with Gasteiger partial charge in [-0.05, 0) is 49.7 Å². The van der Waals surface area contributed by atoms with Crippen LogP contribution in [-0.2, 0) is 13.1 Å². The summed E-state index contributed by atoms with van der Waals surface area (Å²) in [6, 6.07) is 11.5. The Bertz CT molecular complexity index is 1100. The van der Waals surface area contributed by atoms with Gasteiger partial charge in [0.2, 0.25) is 0 Å². The molecule has 3 aromatic heterocycles. The van der Waals surface area contributed by atoms with Crippen LogP contribution in [0.4, 0.5) is 0 Å². The minimum Gasteiger partial charge on any atom is -0.307 e. The van der Waals surface area contributed by atoms with Crippen LogP contribution in [0.1, 0.15) is 22.5 Å². The van der Waals surface area contributed by atoms with Crippen LogP contribution in [0.2, 0.25) is 10.2 Å². The van der Waals surface area contributed by atoms with Crippen LogP contribution in [0.3, 0.4) is 0 Å². The lowest BCUT2D eigenvalue weighted by molar-refractivity contribution is 0.680. The fourth-order valence-electron chi connectivity index (χ4n) is 3.09. The number of nitrogens with one attached hydrogen (secondary N) is 1. The molecule has 1 aromatic carbocycles. The predicted molar refractivity (Wildman–Crippen MR) is 109 cm³/mol. The van der Waals surface area contributed by atoms with Crippen molar-refractivity contribution in [2.75, 3.05) is 0 Å². The van der Waals surface area contributed by atoms with Gasteiger partial charge in [-0.1, -0.05) is 29.3 Å². The van der Waals surface area contributed by atoms with Crippen molar-refractivity contribution in [1.29, 1.82) is 0 Å². The van der Waals surface area contributed by atoms with E-state index in [9.17, 15) is 0 Å². The quantitative estimate of drug-likeness (QED) is 0.527. The number of fused-ring (bicyclic) bond motifs is 1. The highest BCUT2D eigenvalue weighted by atomic mass is 35.5. The highest BCUT2D eigenvalue weighted by molar-refractivity contribution is 6.31. The van der Waals surface area contributed by atoms with E-state index in [4.69, 9.17) is 23.2 Å². The molecule has 4 rings (SSSR count). The van der Waals surface area contributed by atoms with Crippen molar-refractivity contribution in [3.05, 3.63) is 81.5 Å². The second-order valence-corrected chi connectivity index (χ2v) is 7.30. The topological polar surface area (TPSA) is 47.2 Å². The molecule has 0 aliphatic rings. The summed E-state index contributed by atoms with van der Waals surface area (Å²) in [5.74, 6) is 0. The molecular formula is C20H19Cl2N5. The number of hydrogen-bond acceptors (Lipinski definition) is 3. The van der Waals surface area contributed by atoms with Gasteiger partial charge in [-0.15, -0.1) is 0 Å². The van der Waals surface area contributed by atoms with Crippen molar-refractivity contribution >= 4 is 28.8 Å². The molecular weight excluding hydrogens is 381 g/mol. The number of benzene rings is 1. The summed E-state index contributed by atoms with van der Waals surface area (Å²) in [7, 11) is 0. The van der Waals surface area contributed by atoms with E-state index in [1.807, 2.05) is 54.0 Å². The van der Waals surface area contributed by atoms with E-state index in [1.54, 1.807) is 4.68 Å². The Labute approximate surface area is 167 Å². The summed E-state index contributed by atoms with van der Waals surface area (Å²) in [5, 5.41) is 9.27. The van der Waals surface area contributed by atoms with Crippen LogP contribution in [0.15, 0.2) is 48.8 Å². The fourth-order valence-corrected chi connectivity index (χ4v) is 3.56. The van der Waals surface area contributed by atoms with E-state index in [0.717, 1.165) is 33.8 Å². The van der Waals surface area contributed by atoms with Crippen LogP contribution in [0.5, 0.6) is 0 Å². The highest BCUT2D eigenvalue weighted by Gasteiger charge is 2.14. The molecule has 0 aliphatic heterocycles. The van der Waals surface area contributed by atoms with E-state index in [2.05, 4.69) is 28.4 Å². The maximum absolute atomic E-state index is 6.58. The summed E-state index contributed by atoms with van der Waals surface area (Å²) < 4.78 is 3.78. The number of halogens is 2. The summed E-state index contributed by atoms with van der Waals surface area (Å²) in [5.41, 5.74) is 5.89. The lowest BCUT2D eigenvalue weighted by atomic mass is 10.2. The number of aromatic nitrogens is 4. The third-order valence-electron chi connectivity index (χ3n) is 4.53. The molecule has 5 nitrogen and oxygen atoms in total. The molecule has 7 heteroatoms. The van der Waals surface area contributed by atoms with E-state index < -0.39 is 0 Å². The summed E-state index contributed by atoms with van der Waals surface area (Å²) in [4.78, 5) is 4.68. The van der Waals surface area contributed by atoms with Crippen LogP contribution >= 0.6 is 23.2 Å². The molecule has 0 fully saturated rings. The molecule has 3 heterocycles. The Balaban J connectivity index is 1.49. The van der Waals surface area contributed by atoms with Crippen molar-refractivity contribution in [2.45, 2.75) is 26.9 Å². The number of nitrogens with zero attached hydrogens (tertiary/aromatic N) is 4. The Morgan fingerprint density at radius 2 is 1.81 bits per heavy atom. The molecule has 4 aromatic rings. The van der Waals surface area contributed by atoms with Crippen LogP contribution < -0.4 is 5.32 Å². The fraction of sp³-hybridized carbons (Fsp3) is 0.200. The summed E-state index contributed by atoms with van der Waals surface area (Å²) in [6.07, 6.45) is 4.05. The first-order valence-electron chi connectivity index (χ1n) is 8.67. The van der Waals surface area contributed by atoms with Crippen LogP contribution in [-0.4, -0.2) is 19.2 Å². The van der Waals surface area contributed by atoms with Gasteiger partial charge >= 0.3 is 0 Å². The van der Waals surface area contributed by atoms with Gasteiger partial charge in [-0.3, -0.25) is 0 Å². The minimum atomic E-state index is 0.605. The standard InChI is InChI=1S/C20H19Cl2N5/c1-13-4-3-9-26-12-16(24-20(13)26)10-23-11-18-14(2)25-27(19(18)22)17-7-5-15(21)6-8-17/h3-9,12,23H,10-11H2,1-2H3. The largest absolute Gasteiger partial charge is 0.307 e. The Morgan fingerprint density at radius 1 is 1.04 bits per heavy atom. The average molecular weight is 400 g/mol. The Morgan fingerprint density at radius 3 is 2.56 bits per heavy atom. The molecule has 0 aliphatic carbocycles. The van der Waals surface area contributed by atoms with Gasteiger partial charge in [0.15, 0.2) is 0 Å². The molecule has 0 radical (unpaired) electrons. The molecule has 0 amide bonds. The second-order valence-electron chi connectivity index (χ2n) is 6.50. The van der Waals surface area contributed by atoms with Gasteiger partial charge in [0, 0.05) is 36.1 Å². The zero-order valence-corrected chi connectivity index (χ0v) is 16.6. The molecule has 0 unspecified atom stereocenters. The van der Waals surface area contributed by atoms with Gasteiger partial charge in [-0.2, -0.15) is 5.10 Å². The monoisotopic (exact) mass is 399 g/mol. The predicted octanol–water partition coefficient (Wildman–Crippen LogP) is 4.73. The summed E-state index contributed by atoms with van der Waals surface area (Å²) in [6.45, 7) is 5.30. The number of aryl methyl sites for hydroxylation is 2. The lowest BCUT2D eigenvalue weighted by Gasteiger charge is -2.05. The molecule has 138 valence electrons. The van der Waals surface area contributed by atoms with E-state index >= 15 is 0 Å². The normalized spacial score (nSPS) is 11.4. The Hall–Kier alpha value is -2.34. The van der Waals surface area contributed by atoms with Crippen LogP contribution in [0.25, 0.3) is 11.3 Å². The maximum Gasteiger partial charge on any atom is 0.139 e. The number of imidazole rings is 1. The first-order chi connectivity index (χ1) is 13.0. The van der Waals surface area contributed by atoms with Crippen LogP contribution in [0, 0.1) is 13.8 Å². The first kappa shape index (κ1) is 18.0. The molecule has 1 N–H and O–H groups in total. The van der Waals surface area contributed by atoms with Gasteiger partial charge in [0.05, 0.1) is 17.1 Å². The van der Waals surface area contributed by atoms with E-state index in [-0.39, 0.29) is 0 Å². The molecule has 0 atom stereocenters. The zero-order chi connectivity index (χ0) is 19.0. The smallest absolute Gasteiger partial charge is 0.139 e. The maximum atomic E-state index is 6.58. The number of rotatable bonds is 5. The highest BCUT2D eigenvalue weighted by Crippen LogP contribution is 2.24. The average Bonchev–Trinajstić information content (AvgIpc) is 3.19. The molecule has 0 saturated heterocycles. The zero-order valence-electron chi connectivity index (χ0n) is 15.1. The van der Waals surface area contributed by atoms with Gasteiger partial charge in [-0.25, -0.2) is 9.67 Å². The van der Waals surface area contributed by atoms with Crippen molar-refractivity contribution < 1.29 is 0 Å². The molecule has 0 bridgehead atoms. The molecule has 0 saturated carbocycles. The van der Waals surface area contributed by atoms with Gasteiger partial charge in [0.25, 0.3) is 0 Å². The first-order valence-corrected chi connectivity index (χ1v) is 9.42. The van der Waals surface area contributed by atoms with Gasteiger partial charge < -0.3 is 9.72 Å². The molecule has 27 heavy (non-hydrogen) atoms. The minimum absolute atomic E-state index is 0.605. The number of hydrogen-bond donors (Lipinski definition) is 1. The van der Waals surface area contributed by atoms with Crippen molar-refractivity contribution in [2.24, 2.45) is 0 Å². The Kier molecular flexibility index (Phi) is 4.91. The number of pyridine rings is 1. The third kappa shape index (κ3) is 3.58. The van der Waals surface area contributed by atoms with Gasteiger partial charge in [0.1, 0.15) is 10.8 Å². The van der Waals surface area contributed by atoms with E-state index in [1.165, 1.54) is 0 Å².